The largest absolute Gasteiger partial charge is 0.314 e. The quantitative estimate of drug-likeness (QED) is 0.852. The third-order valence-electron chi connectivity index (χ3n) is 4.86. The molecule has 3 rings (SSSR count). The molecule has 2 aliphatic rings. The van der Waals surface area contributed by atoms with Gasteiger partial charge in [0.2, 0.25) is 0 Å². The fraction of sp³-hybridized carbons (Fsp3) is 0.812. The summed E-state index contributed by atoms with van der Waals surface area (Å²) in [6, 6.07) is 0.848. The number of aryl methyl sites for hydroxylation is 2. The summed E-state index contributed by atoms with van der Waals surface area (Å²) in [7, 11) is 2.06. The maximum absolute atomic E-state index is 4.60. The zero-order chi connectivity index (χ0) is 14.8. The standard InChI is InChI=1S/C16H27BrN4/c1-3-14-16(17)15(20(2)19-14)11-21-8-6-12(7-9-21)10-18-13-4-5-13/h12-13,18H,3-11H2,1-2H3. The van der Waals surface area contributed by atoms with Gasteiger partial charge in [0.15, 0.2) is 0 Å². The summed E-state index contributed by atoms with van der Waals surface area (Å²) < 4.78 is 3.26. The van der Waals surface area contributed by atoms with Crippen LogP contribution in [0.1, 0.15) is 44.0 Å². The van der Waals surface area contributed by atoms with Crippen LogP contribution in [0.2, 0.25) is 0 Å². The van der Waals surface area contributed by atoms with Crippen LogP contribution in [0.4, 0.5) is 0 Å². The molecule has 21 heavy (non-hydrogen) atoms. The van der Waals surface area contributed by atoms with Crippen molar-refractivity contribution in [2.45, 2.75) is 51.6 Å². The second-order valence-corrected chi connectivity index (χ2v) is 7.38. The SMILES string of the molecule is CCc1nn(C)c(CN2CCC(CNC3CC3)CC2)c1Br. The number of hydrogen-bond acceptors (Lipinski definition) is 3. The fourth-order valence-corrected chi connectivity index (χ4v) is 3.91. The van der Waals surface area contributed by atoms with Crippen LogP contribution in [0.5, 0.6) is 0 Å². The lowest BCUT2D eigenvalue weighted by Gasteiger charge is -2.32. The van der Waals surface area contributed by atoms with Gasteiger partial charge in [-0.2, -0.15) is 5.10 Å². The maximum atomic E-state index is 4.60. The van der Waals surface area contributed by atoms with Gasteiger partial charge in [-0.3, -0.25) is 9.58 Å². The minimum Gasteiger partial charge on any atom is -0.314 e. The van der Waals surface area contributed by atoms with E-state index in [1.165, 1.54) is 61.2 Å². The van der Waals surface area contributed by atoms with Crippen molar-refractivity contribution < 1.29 is 0 Å². The van der Waals surface area contributed by atoms with Crippen molar-refractivity contribution in [1.82, 2.24) is 20.0 Å². The van der Waals surface area contributed by atoms with Gasteiger partial charge >= 0.3 is 0 Å². The van der Waals surface area contributed by atoms with E-state index in [2.05, 4.69) is 45.2 Å². The highest BCUT2D eigenvalue weighted by molar-refractivity contribution is 9.10. The van der Waals surface area contributed by atoms with E-state index in [1.807, 2.05) is 4.68 Å². The maximum Gasteiger partial charge on any atom is 0.0767 e. The van der Waals surface area contributed by atoms with Crippen LogP contribution < -0.4 is 5.32 Å². The fourth-order valence-electron chi connectivity index (χ4n) is 3.17. The number of rotatable bonds is 6. The first-order valence-electron chi connectivity index (χ1n) is 8.33. The zero-order valence-electron chi connectivity index (χ0n) is 13.2. The summed E-state index contributed by atoms with van der Waals surface area (Å²) >= 11 is 3.73. The second-order valence-electron chi connectivity index (χ2n) is 6.59. The normalized spacial score (nSPS) is 21.1. The Morgan fingerprint density at radius 3 is 2.52 bits per heavy atom. The molecule has 0 unspecified atom stereocenters. The van der Waals surface area contributed by atoms with E-state index >= 15 is 0 Å². The van der Waals surface area contributed by atoms with Crippen molar-refractivity contribution in [2.24, 2.45) is 13.0 Å². The predicted molar refractivity (Wildman–Crippen MR) is 89.3 cm³/mol. The Hall–Kier alpha value is -0.390. The van der Waals surface area contributed by atoms with Gasteiger partial charge in [0, 0.05) is 19.6 Å². The Labute approximate surface area is 136 Å². The number of hydrogen-bond donors (Lipinski definition) is 1. The van der Waals surface area contributed by atoms with E-state index in [4.69, 9.17) is 0 Å². The van der Waals surface area contributed by atoms with Crippen LogP contribution >= 0.6 is 15.9 Å². The van der Waals surface area contributed by atoms with Gasteiger partial charge in [0.25, 0.3) is 0 Å². The smallest absolute Gasteiger partial charge is 0.0767 e. The first-order valence-corrected chi connectivity index (χ1v) is 9.12. The summed E-state index contributed by atoms with van der Waals surface area (Å²) in [6.07, 6.45) is 6.44. The molecule has 118 valence electrons. The molecule has 1 aliphatic heterocycles. The van der Waals surface area contributed by atoms with Crippen LogP contribution in [0, 0.1) is 5.92 Å². The molecule has 0 atom stereocenters. The molecule has 0 bridgehead atoms. The Balaban J connectivity index is 1.49. The summed E-state index contributed by atoms with van der Waals surface area (Å²) in [4.78, 5) is 2.58. The average Bonchev–Trinajstić information content (AvgIpc) is 3.28. The van der Waals surface area contributed by atoms with E-state index in [9.17, 15) is 0 Å². The highest BCUT2D eigenvalue weighted by atomic mass is 79.9. The third kappa shape index (κ3) is 3.88. The number of aromatic nitrogens is 2. The Morgan fingerprint density at radius 1 is 1.24 bits per heavy atom. The summed E-state index contributed by atoms with van der Waals surface area (Å²) in [5.74, 6) is 0.878. The van der Waals surface area contributed by atoms with E-state index in [0.29, 0.717) is 0 Å². The third-order valence-corrected chi connectivity index (χ3v) is 5.77. The zero-order valence-corrected chi connectivity index (χ0v) is 14.8. The van der Waals surface area contributed by atoms with Crippen molar-refractivity contribution in [2.75, 3.05) is 19.6 Å². The van der Waals surface area contributed by atoms with Crippen LogP contribution in [0.25, 0.3) is 0 Å². The molecule has 1 aromatic rings. The van der Waals surface area contributed by atoms with Gasteiger partial charge < -0.3 is 5.32 Å². The first kappa shape index (κ1) is 15.5. The molecule has 4 nitrogen and oxygen atoms in total. The molecule has 1 aromatic heterocycles. The highest BCUT2D eigenvalue weighted by Gasteiger charge is 2.25. The molecule has 2 heterocycles. The lowest BCUT2D eigenvalue weighted by atomic mass is 9.96. The molecule has 0 radical (unpaired) electrons. The molecular weight excluding hydrogens is 328 g/mol. The van der Waals surface area contributed by atoms with Gasteiger partial charge in [-0.05, 0) is 73.6 Å². The average molecular weight is 355 g/mol. The number of nitrogens with one attached hydrogen (secondary N) is 1. The number of likely N-dealkylation sites (tertiary alicyclic amines) is 1. The molecule has 0 spiro atoms. The van der Waals surface area contributed by atoms with Gasteiger partial charge in [-0.25, -0.2) is 0 Å². The van der Waals surface area contributed by atoms with Gasteiger partial charge in [-0.15, -0.1) is 0 Å². The van der Waals surface area contributed by atoms with E-state index in [-0.39, 0.29) is 0 Å². The Morgan fingerprint density at radius 2 is 1.95 bits per heavy atom. The first-order chi connectivity index (χ1) is 10.2. The van der Waals surface area contributed by atoms with E-state index in [1.54, 1.807) is 0 Å². The van der Waals surface area contributed by atoms with Gasteiger partial charge in [-0.1, -0.05) is 6.92 Å². The molecule has 0 aromatic carbocycles. The Bertz CT molecular complexity index is 473. The molecule has 0 amide bonds. The summed E-state index contributed by atoms with van der Waals surface area (Å²) in [5.41, 5.74) is 2.50. The van der Waals surface area contributed by atoms with Crippen LogP contribution in [-0.4, -0.2) is 40.4 Å². The number of piperidine rings is 1. The minimum atomic E-state index is 0.848. The number of nitrogens with zero attached hydrogens (tertiary/aromatic N) is 3. The monoisotopic (exact) mass is 354 g/mol. The second kappa shape index (κ2) is 6.80. The van der Waals surface area contributed by atoms with Crippen molar-refractivity contribution in [1.29, 1.82) is 0 Å². The van der Waals surface area contributed by atoms with Gasteiger partial charge in [0.1, 0.15) is 0 Å². The summed E-state index contributed by atoms with van der Waals surface area (Å²) in [5, 5.41) is 8.28. The molecule has 1 saturated heterocycles. The number of halogens is 1. The lowest BCUT2D eigenvalue weighted by Crippen LogP contribution is -2.37. The molecule has 1 aliphatic carbocycles. The van der Waals surface area contributed by atoms with E-state index in [0.717, 1.165) is 24.9 Å². The van der Waals surface area contributed by atoms with Crippen LogP contribution in [-0.2, 0) is 20.0 Å². The molecule has 5 heteroatoms. The molecule has 2 fully saturated rings. The van der Waals surface area contributed by atoms with Crippen LogP contribution in [0.3, 0.4) is 0 Å². The van der Waals surface area contributed by atoms with Crippen molar-refractivity contribution in [3.05, 3.63) is 15.9 Å². The summed E-state index contributed by atoms with van der Waals surface area (Å²) in [6.45, 7) is 6.85. The van der Waals surface area contributed by atoms with Crippen LogP contribution in [0.15, 0.2) is 4.47 Å². The van der Waals surface area contributed by atoms with Crippen molar-refractivity contribution in [3.8, 4) is 0 Å². The molecule has 1 N–H and O–H groups in total. The van der Waals surface area contributed by atoms with E-state index < -0.39 is 0 Å². The highest BCUT2D eigenvalue weighted by Crippen LogP contribution is 2.26. The molecular formula is C16H27BrN4. The Kier molecular flexibility index (Phi) is 5.02. The topological polar surface area (TPSA) is 33.1 Å². The minimum absolute atomic E-state index is 0.848. The predicted octanol–water partition coefficient (Wildman–Crippen LogP) is 2.71. The van der Waals surface area contributed by atoms with Gasteiger partial charge in [0.05, 0.1) is 15.9 Å². The van der Waals surface area contributed by atoms with Crippen molar-refractivity contribution in [3.63, 3.8) is 0 Å². The van der Waals surface area contributed by atoms with Crippen molar-refractivity contribution >= 4 is 15.9 Å². The lowest BCUT2D eigenvalue weighted by molar-refractivity contribution is 0.171. The molecule has 1 saturated carbocycles.